The van der Waals surface area contributed by atoms with Crippen LogP contribution in [-0.4, -0.2) is 0 Å². The summed E-state index contributed by atoms with van der Waals surface area (Å²) in [4.78, 5) is 0. The lowest BCUT2D eigenvalue weighted by Gasteiger charge is -2.08. The van der Waals surface area contributed by atoms with Crippen molar-refractivity contribution in [1.29, 1.82) is 0 Å². The first-order valence-corrected chi connectivity index (χ1v) is 6.86. The predicted octanol–water partition coefficient (Wildman–Crippen LogP) is 3.91. The maximum atomic E-state index is 5.60. The van der Waals surface area contributed by atoms with E-state index in [1.165, 1.54) is 21.9 Å². The number of nitrogens with two attached hydrogens (primary N) is 1. The summed E-state index contributed by atoms with van der Waals surface area (Å²) in [7, 11) is 0. The summed E-state index contributed by atoms with van der Waals surface area (Å²) in [5, 5.41) is 5.99. The maximum absolute atomic E-state index is 5.60. The van der Waals surface area contributed by atoms with Gasteiger partial charge >= 0.3 is 0 Å². The Hall–Kier alpha value is -2.32. The third kappa shape index (κ3) is 2.81. The second kappa shape index (κ2) is 5.76. The van der Waals surface area contributed by atoms with Gasteiger partial charge in [-0.3, -0.25) is 0 Å². The molecule has 0 bridgehead atoms. The SMILES string of the molecule is NCc1ccc(CNc2ccc3ccccc3c2)cc1. The number of hydrogen-bond acceptors (Lipinski definition) is 2. The van der Waals surface area contributed by atoms with Crippen molar-refractivity contribution < 1.29 is 0 Å². The van der Waals surface area contributed by atoms with Crippen molar-refractivity contribution in [1.82, 2.24) is 0 Å². The summed E-state index contributed by atoms with van der Waals surface area (Å²) in [6, 6.07) is 23.3. The Balaban J connectivity index is 1.72. The van der Waals surface area contributed by atoms with E-state index in [4.69, 9.17) is 5.73 Å². The molecule has 0 fully saturated rings. The van der Waals surface area contributed by atoms with Crippen molar-refractivity contribution in [2.45, 2.75) is 13.1 Å². The third-order valence-corrected chi connectivity index (χ3v) is 3.50. The van der Waals surface area contributed by atoms with Gasteiger partial charge in [-0.25, -0.2) is 0 Å². The molecule has 0 aliphatic carbocycles. The molecule has 3 aromatic carbocycles. The summed E-state index contributed by atoms with van der Waals surface area (Å²) >= 11 is 0. The van der Waals surface area contributed by atoms with Crippen molar-refractivity contribution in [2.24, 2.45) is 5.73 Å². The number of nitrogens with one attached hydrogen (secondary N) is 1. The van der Waals surface area contributed by atoms with Gasteiger partial charge in [0.25, 0.3) is 0 Å². The zero-order chi connectivity index (χ0) is 13.8. The van der Waals surface area contributed by atoms with Crippen LogP contribution in [0.3, 0.4) is 0 Å². The standard InChI is InChI=1S/C18H18N2/c19-12-14-5-7-15(8-6-14)13-20-18-10-9-16-3-1-2-4-17(16)11-18/h1-11,20H,12-13,19H2. The fraction of sp³-hybridized carbons (Fsp3) is 0.111. The molecule has 0 aromatic heterocycles. The van der Waals surface area contributed by atoms with Crippen LogP contribution < -0.4 is 11.1 Å². The second-order valence-electron chi connectivity index (χ2n) is 4.94. The lowest BCUT2D eigenvalue weighted by atomic mass is 10.1. The van der Waals surface area contributed by atoms with Gasteiger partial charge in [0.2, 0.25) is 0 Å². The molecule has 0 amide bonds. The third-order valence-electron chi connectivity index (χ3n) is 3.50. The van der Waals surface area contributed by atoms with Gasteiger partial charge in [0.1, 0.15) is 0 Å². The van der Waals surface area contributed by atoms with Crippen LogP contribution in [0, 0.1) is 0 Å². The zero-order valence-corrected chi connectivity index (χ0v) is 11.3. The van der Waals surface area contributed by atoms with Crippen LogP contribution in [-0.2, 0) is 13.1 Å². The zero-order valence-electron chi connectivity index (χ0n) is 11.3. The van der Waals surface area contributed by atoms with Gasteiger partial charge in [0.05, 0.1) is 0 Å². The van der Waals surface area contributed by atoms with Crippen LogP contribution in [0.2, 0.25) is 0 Å². The largest absolute Gasteiger partial charge is 0.381 e. The number of fused-ring (bicyclic) bond motifs is 1. The lowest BCUT2D eigenvalue weighted by Crippen LogP contribution is -2.00. The molecule has 0 saturated heterocycles. The van der Waals surface area contributed by atoms with E-state index in [0.717, 1.165) is 12.2 Å². The van der Waals surface area contributed by atoms with E-state index in [1.54, 1.807) is 0 Å². The van der Waals surface area contributed by atoms with E-state index in [-0.39, 0.29) is 0 Å². The van der Waals surface area contributed by atoms with Crippen LogP contribution in [0.15, 0.2) is 66.7 Å². The first-order valence-electron chi connectivity index (χ1n) is 6.86. The van der Waals surface area contributed by atoms with Gasteiger partial charge in [-0.1, -0.05) is 54.6 Å². The van der Waals surface area contributed by atoms with Crippen molar-refractivity contribution in [2.75, 3.05) is 5.32 Å². The monoisotopic (exact) mass is 262 g/mol. The summed E-state index contributed by atoms with van der Waals surface area (Å²) in [5.41, 5.74) is 9.17. The lowest BCUT2D eigenvalue weighted by molar-refractivity contribution is 1.06. The van der Waals surface area contributed by atoms with Crippen LogP contribution in [0.5, 0.6) is 0 Å². The Labute approximate surface area is 119 Å². The molecule has 20 heavy (non-hydrogen) atoms. The average Bonchev–Trinajstić information content (AvgIpc) is 2.53. The highest BCUT2D eigenvalue weighted by atomic mass is 14.9. The Morgan fingerprint density at radius 1 is 0.750 bits per heavy atom. The van der Waals surface area contributed by atoms with Gasteiger partial charge in [-0.15, -0.1) is 0 Å². The number of anilines is 1. The minimum atomic E-state index is 0.596. The molecule has 100 valence electrons. The topological polar surface area (TPSA) is 38.0 Å². The van der Waals surface area contributed by atoms with E-state index < -0.39 is 0 Å². The molecule has 0 atom stereocenters. The highest BCUT2D eigenvalue weighted by molar-refractivity contribution is 5.85. The molecule has 0 radical (unpaired) electrons. The van der Waals surface area contributed by atoms with Crippen molar-refractivity contribution in [3.05, 3.63) is 77.9 Å². The van der Waals surface area contributed by atoms with Crippen molar-refractivity contribution in [3.63, 3.8) is 0 Å². The summed E-state index contributed by atoms with van der Waals surface area (Å²) in [6.45, 7) is 1.42. The predicted molar refractivity (Wildman–Crippen MR) is 85.6 cm³/mol. The van der Waals surface area contributed by atoms with E-state index in [1.807, 2.05) is 0 Å². The van der Waals surface area contributed by atoms with Crippen molar-refractivity contribution in [3.8, 4) is 0 Å². The molecule has 0 unspecified atom stereocenters. The second-order valence-corrected chi connectivity index (χ2v) is 4.94. The Morgan fingerprint density at radius 2 is 1.45 bits per heavy atom. The molecule has 0 saturated carbocycles. The molecule has 2 heteroatoms. The van der Waals surface area contributed by atoms with Crippen molar-refractivity contribution >= 4 is 16.5 Å². The van der Waals surface area contributed by atoms with E-state index in [2.05, 4.69) is 72.0 Å². The Kier molecular flexibility index (Phi) is 3.66. The van der Waals surface area contributed by atoms with E-state index >= 15 is 0 Å². The minimum Gasteiger partial charge on any atom is -0.381 e. The highest BCUT2D eigenvalue weighted by Crippen LogP contribution is 2.19. The number of rotatable bonds is 4. The molecule has 2 nitrogen and oxygen atoms in total. The van der Waals surface area contributed by atoms with Gasteiger partial charge < -0.3 is 11.1 Å². The molecule has 0 spiro atoms. The first kappa shape index (κ1) is 12.7. The van der Waals surface area contributed by atoms with E-state index in [0.29, 0.717) is 6.54 Å². The van der Waals surface area contributed by atoms with Gasteiger partial charge in [-0.2, -0.15) is 0 Å². The summed E-state index contributed by atoms with van der Waals surface area (Å²) in [6.07, 6.45) is 0. The maximum Gasteiger partial charge on any atom is 0.0400 e. The Morgan fingerprint density at radius 3 is 2.20 bits per heavy atom. The summed E-state index contributed by atoms with van der Waals surface area (Å²) < 4.78 is 0. The van der Waals surface area contributed by atoms with Crippen LogP contribution in [0.25, 0.3) is 10.8 Å². The first-order chi connectivity index (χ1) is 9.85. The molecule has 3 aromatic rings. The summed E-state index contributed by atoms with van der Waals surface area (Å²) in [5.74, 6) is 0. The van der Waals surface area contributed by atoms with Crippen LogP contribution in [0.1, 0.15) is 11.1 Å². The molecule has 3 rings (SSSR count). The fourth-order valence-corrected chi connectivity index (χ4v) is 2.30. The van der Waals surface area contributed by atoms with Crippen LogP contribution in [0.4, 0.5) is 5.69 Å². The smallest absolute Gasteiger partial charge is 0.0400 e. The number of hydrogen-bond donors (Lipinski definition) is 2. The normalized spacial score (nSPS) is 10.7. The highest BCUT2D eigenvalue weighted by Gasteiger charge is 1.97. The molecule has 3 N–H and O–H groups in total. The van der Waals surface area contributed by atoms with Gasteiger partial charge in [-0.05, 0) is 34.0 Å². The van der Waals surface area contributed by atoms with Crippen LogP contribution >= 0.6 is 0 Å². The molecule has 0 aliphatic heterocycles. The number of benzene rings is 3. The quantitative estimate of drug-likeness (QED) is 0.748. The molecular weight excluding hydrogens is 244 g/mol. The Bertz CT molecular complexity index is 702. The molecular formula is C18H18N2. The van der Waals surface area contributed by atoms with Gasteiger partial charge in [0.15, 0.2) is 0 Å². The van der Waals surface area contributed by atoms with Gasteiger partial charge in [0, 0.05) is 18.8 Å². The minimum absolute atomic E-state index is 0.596. The molecule has 0 aliphatic rings. The molecule has 0 heterocycles. The fourth-order valence-electron chi connectivity index (χ4n) is 2.30. The van der Waals surface area contributed by atoms with E-state index in [9.17, 15) is 0 Å². The average molecular weight is 262 g/mol.